The van der Waals surface area contributed by atoms with Crippen LogP contribution >= 0.6 is 0 Å². The molecule has 1 saturated carbocycles. The molecule has 1 aliphatic carbocycles. The Morgan fingerprint density at radius 2 is 1.95 bits per heavy atom. The van der Waals surface area contributed by atoms with Gasteiger partial charge in [-0.1, -0.05) is 40.0 Å². The van der Waals surface area contributed by atoms with E-state index < -0.39 is 0 Å². The molecular weight excluding hydrogens is 236 g/mol. The monoisotopic (exact) mass is 264 g/mol. The fourth-order valence-corrected chi connectivity index (χ4v) is 3.08. The van der Waals surface area contributed by atoms with Crippen LogP contribution in [0.25, 0.3) is 0 Å². The zero-order valence-corrected chi connectivity index (χ0v) is 12.8. The van der Waals surface area contributed by atoms with E-state index in [4.69, 9.17) is 5.73 Å². The van der Waals surface area contributed by atoms with Gasteiger partial charge >= 0.3 is 0 Å². The Morgan fingerprint density at radius 1 is 1.32 bits per heavy atom. The van der Waals surface area contributed by atoms with Crippen molar-refractivity contribution in [1.82, 2.24) is 9.78 Å². The minimum Gasteiger partial charge on any atom is -0.394 e. The summed E-state index contributed by atoms with van der Waals surface area (Å²) in [6.07, 6.45) is 6.73. The number of hydrogen-bond acceptors (Lipinski definition) is 3. The number of rotatable bonds is 4. The Bertz CT molecular complexity index is 428. The second-order valence-electron chi connectivity index (χ2n) is 6.65. The SMILES string of the molecule is CC(C)c1nn(C)c(NCC2(C)CCCCC2)c1N. The van der Waals surface area contributed by atoms with E-state index >= 15 is 0 Å². The van der Waals surface area contributed by atoms with Crippen molar-refractivity contribution in [2.45, 2.75) is 58.8 Å². The second-order valence-corrected chi connectivity index (χ2v) is 6.65. The van der Waals surface area contributed by atoms with Gasteiger partial charge in [0, 0.05) is 13.6 Å². The Hall–Kier alpha value is -1.19. The Morgan fingerprint density at radius 3 is 2.47 bits per heavy atom. The predicted octanol–water partition coefficient (Wildman–Crippen LogP) is 3.51. The Kier molecular flexibility index (Phi) is 4.07. The molecule has 0 atom stereocenters. The standard InChI is InChI=1S/C15H28N4/c1-11(2)13-12(16)14(19(4)18-13)17-10-15(3)8-6-5-7-9-15/h11,17H,5-10,16H2,1-4H3. The number of nitrogen functional groups attached to an aromatic ring is 1. The van der Waals surface area contributed by atoms with Crippen LogP contribution in [-0.2, 0) is 7.05 Å². The molecule has 0 spiro atoms. The predicted molar refractivity (Wildman–Crippen MR) is 81.4 cm³/mol. The Labute approximate surface area is 116 Å². The van der Waals surface area contributed by atoms with Gasteiger partial charge in [0.25, 0.3) is 0 Å². The number of nitrogens with two attached hydrogens (primary N) is 1. The lowest BCUT2D eigenvalue weighted by molar-refractivity contribution is 0.233. The molecule has 0 bridgehead atoms. The summed E-state index contributed by atoms with van der Waals surface area (Å²) < 4.78 is 1.89. The first-order valence-corrected chi connectivity index (χ1v) is 7.49. The smallest absolute Gasteiger partial charge is 0.147 e. The van der Waals surface area contributed by atoms with Gasteiger partial charge in [0.2, 0.25) is 0 Å². The van der Waals surface area contributed by atoms with Crippen LogP contribution in [0.4, 0.5) is 11.5 Å². The van der Waals surface area contributed by atoms with E-state index in [2.05, 4.69) is 31.2 Å². The minimum absolute atomic E-state index is 0.368. The third-order valence-corrected chi connectivity index (χ3v) is 4.40. The van der Waals surface area contributed by atoms with Crippen molar-refractivity contribution in [3.8, 4) is 0 Å². The van der Waals surface area contributed by atoms with Gasteiger partial charge in [-0.3, -0.25) is 4.68 Å². The van der Waals surface area contributed by atoms with E-state index in [-0.39, 0.29) is 0 Å². The van der Waals surface area contributed by atoms with E-state index in [9.17, 15) is 0 Å². The molecule has 0 amide bonds. The highest BCUT2D eigenvalue weighted by atomic mass is 15.3. The normalized spacial score (nSPS) is 18.8. The molecule has 0 aromatic carbocycles. The number of anilines is 2. The molecule has 0 unspecified atom stereocenters. The first kappa shape index (κ1) is 14.2. The number of aryl methyl sites for hydroxylation is 1. The molecule has 1 aromatic heterocycles. The molecule has 4 nitrogen and oxygen atoms in total. The van der Waals surface area contributed by atoms with Gasteiger partial charge in [-0.15, -0.1) is 0 Å². The Balaban J connectivity index is 2.07. The zero-order chi connectivity index (χ0) is 14.0. The summed E-state index contributed by atoms with van der Waals surface area (Å²) in [7, 11) is 1.97. The third-order valence-electron chi connectivity index (χ3n) is 4.40. The van der Waals surface area contributed by atoms with E-state index in [1.54, 1.807) is 0 Å². The van der Waals surface area contributed by atoms with Crippen molar-refractivity contribution in [3.63, 3.8) is 0 Å². The highest BCUT2D eigenvalue weighted by molar-refractivity contribution is 5.65. The van der Waals surface area contributed by atoms with Crippen molar-refractivity contribution < 1.29 is 0 Å². The lowest BCUT2D eigenvalue weighted by Gasteiger charge is -2.34. The van der Waals surface area contributed by atoms with Gasteiger partial charge in [-0.05, 0) is 24.2 Å². The van der Waals surface area contributed by atoms with Gasteiger partial charge in [0.15, 0.2) is 0 Å². The molecular formula is C15H28N4. The summed E-state index contributed by atoms with van der Waals surface area (Å²) in [5, 5.41) is 8.07. The maximum Gasteiger partial charge on any atom is 0.147 e. The molecule has 108 valence electrons. The van der Waals surface area contributed by atoms with Crippen molar-refractivity contribution in [1.29, 1.82) is 0 Å². The zero-order valence-electron chi connectivity index (χ0n) is 12.8. The second kappa shape index (κ2) is 5.43. The molecule has 2 rings (SSSR count). The molecule has 1 heterocycles. The van der Waals surface area contributed by atoms with Crippen LogP contribution in [0.2, 0.25) is 0 Å². The fourth-order valence-electron chi connectivity index (χ4n) is 3.08. The summed E-state index contributed by atoms with van der Waals surface area (Å²) >= 11 is 0. The van der Waals surface area contributed by atoms with E-state index in [0.29, 0.717) is 11.3 Å². The van der Waals surface area contributed by atoms with Crippen LogP contribution in [0.15, 0.2) is 0 Å². The van der Waals surface area contributed by atoms with Crippen LogP contribution in [0.1, 0.15) is 64.5 Å². The molecule has 1 aliphatic rings. The maximum atomic E-state index is 6.22. The summed E-state index contributed by atoms with van der Waals surface area (Å²) in [5.74, 6) is 1.35. The van der Waals surface area contributed by atoms with E-state index in [1.165, 1.54) is 32.1 Å². The molecule has 19 heavy (non-hydrogen) atoms. The topological polar surface area (TPSA) is 55.9 Å². The molecule has 0 saturated heterocycles. The number of nitrogens with zero attached hydrogens (tertiary/aromatic N) is 2. The lowest BCUT2D eigenvalue weighted by Crippen LogP contribution is -2.29. The number of nitrogens with one attached hydrogen (secondary N) is 1. The van der Waals surface area contributed by atoms with Crippen molar-refractivity contribution in [3.05, 3.63) is 5.69 Å². The highest BCUT2D eigenvalue weighted by Gasteiger charge is 2.27. The van der Waals surface area contributed by atoms with E-state index in [0.717, 1.165) is 23.7 Å². The van der Waals surface area contributed by atoms with Crippen LogP contribution in [-0.4, -0.2) is 16.3 Å². The molecule has 0 radical (unpaired) electrons. The van der Waals surface area contributed by atoms with Crippen molar-refractivity contribution >= 4 is 11.5 Å². The lowest BCUT2D eigenvalue weighted by atomic mass is 9.76. The van der Waals surface area contributed by atoms with Crippen molar-refractivity contribution in [2.24, 2.45) is 12.5 Å². The van der Waals surface area contributed by atoms with Crippen molar-refractivity contribution in [2.75, 3.05) is 17.6 Å². The molecule has 0 aliphatic heterocycles. The number of aromatic nitrogens is 2. The van der Waals surface area contributed by atoms with Gasteiger partial charge in [0.1, 0.15) is 5.82 Å². The molecule has 1 fully saturated rings. The molecule has 1 aromatic rings. The summed E-state index contributed by atoms with van der Waals surface area (Å²) in [5.41, 5.74) is 8.44. The third kappa shape index (κ3) is 3.04. The van der Waals surface area contributed by atoms with Gasteiger partial charge in [0.05, 0.1) is 11.4 Å². The minimum atomic E-state index is 0.368. The van der Waals surface area contributed by atoms with Crippen LogP contribution in [0.3, 0.4) is 0 Å². The highest BCUT2D eigenvalue weighted by Crippen LogP contribution is 2.36. The fraction of sp³-hybridized carbons (Fsp3) is 0.800. The van der Waals surface area contributed by atoms with Crippen LogP contribution in [0, 0.1) is 5.41 Å². The average molecular weight is 264 g/mol. The summed E-state index contributed by atoms with van der Waals surface area (Å²) in [6.45, 7) is 7.64. The van der Waals surface area contributed by atoms with Crippen LogP contribution in [0.5, 0.6) is 0 Å². The average Bonchev–Trinajstić information content (AvgIpc) is 2.64. The summed E-state index contributed by atoms with van der Waals surface area (Å²) in [4.78, 5) is 0. The van der Waals surface area contributed by atoms with E-state index in [1.807, 2.05) is 11.7 Å². The van der Waals surface area contributed by atoms with Gasteiger partial charge in [-0.25, -0.2) is 0 Å². The maximum absolute atomic E-state index is 6.22. The number of hydrogen-bond donors (Lipinski definition) is 2. The van der Waals surface area contributed by atoms with Gasteiger partial charge in [-0.2, -0.15) is 5.10 Å². The quantitative estimate of drug-likeness (QED) is 0.875. The largest absolute Gasteiger partial charge is 0.394 e. The molecule has 3 N–H and O–H groups in total. The molecule has 4 heteroatoms. The van der Waals surface area contributed by atoms with Gasteiger partial charge < -0.3 is 11.1 Å². The first-order valence-electron chi connectivity index (χ1n) is 7.49. The summed E-state index contributed by atoms with van der Waals surface area (Å²) in [6, 6.07) is 0. The van der Waals surface area contributed by atoms with Crippen LogP contribution < -0.4 is 11.1 Å². The first-order chi connectivity index (χ1) is 8.93.